The van der Waals surface area contributed by atoms with Gasteiger partial charge in [-0.05, 0) is 80.7 Å². The Morgan fingerprint density at radius 3 is 2.57 bits per heavy atom. The van der Waals surface area contributed by atoms with Crippen LogP contribution in [0.4, 0.5) is 5.69 Å². The van der Waals surface area contributed by atoms with Gasteiger partial charge in [-0.15, -0.1) is 0 Å². The van der Waals surface area contributed by atoms with Gasteiger partial charge in [0.15, 0.2) is 0 Å². The maximum absolute atomic E-state index is 12.8. The molecule has 0 saturated carbocycles. The van der Waals surface area contributed by atoms with Crippen molar-refractivity contribution in [2.45, 2.75) is 13.5 Å². The van der Waals surface area contributed by atoms with Gasteiger partial charge < -0.3 is 14.8 Å². The molecule has 4 rings (SSSR count). The number of methoxy groups -OCH3 is 1. The van der Waals surface area contributed by atoms with Gasteiger partial charge in [-0.25, -0.2) is 0 Å². The third-order valence-electron chi connectivity index (χ3n) is 5.50. The molecule has 0 bridgehead atoms. The summed E-state index contributed by atoms with van der Waals surface area (Å²) < 4.78 is 12.1. The number of anilines is 1. The molecule has 1 amide bonds. The Labute approximate surface area is 212 Å². The number of ether oxygens (including phenoxy) is 2. The van der Waals surface area contributed by atoms with Crippen molar-refractivity contribution >= 4 is 44.4 Å². The minimum atomic E-state index is -0.510. The maximum atomic E-state index is 12.8. The summed E-state index contributed by atoms with van der Waals surface area (Å²) in [5.74, 6) is 0.683. The molecule has 35 heavy (non-hydrogen) atoms. The lowest BCUT2D eigenvalue weighted by atomic mass is 10.1. The van der Waals surface area contributed by atoms with E-state index in [1.165, 1.54) is 18.6 Å². The molecule has 0 aliphatic heterocycles. The molecule has 4 aromatic rings. The quantitative estimate of drug-likeness (QED) is 0.207. The van der Waals surface area contributed by atoms with E-state index in [1.54, 1.807) is 18.2 Å². The number of benzene rings is 4. The third-order valence-corrected chi connectivity index (χ3v) is 6.12. The van der Waals surface area contributed by atoms with Crippen molar-refractivity contribution in [1.29, 1.82) is 5.26 Å². The molecule has 0 fully saturated rings. The zero-order valence-electron chi connectivity index (χ0n) is 19.3. The smallest absolute Gasteiger partial charge is 0.266 e. The minimum absolute atomic E-state index is 0.0233. The minimum Gasteiger partial charge on any atom is -0.495 e. The Morgan fingerprint density at radius 2 is 1.80 bits per heavy atom. The van der Waals surface area contributed by atoms with E-state index < -0.39 is 5.91 Å². The van der Waals surface area contributed by atoms with Crippen molar-refractivity contribution in [3.05, 3.63) is 106 Å². The third kappa shape index (κ3) is 5.71. The fourth-order valence-electron chi connectivity index (χ4n) is 3.72. The second kappa shape index (κ2) is 10.9. The number of rotatable bonds is 7. The molecule has 0 atom stereocenters. The fourth-order valence-corrected chi connectivity index (χ4v) is 4.23. The summed E-state index contributed by atoms with van der Waals surface area (Å²) in [5.41, 5.74) is 3.24. The van der Waals surface area contributed by atoms with Gasteiger partial charge in [-0.3, -0.25) is 4.79 Å². The summed E-state index contributed by atoms with van der Waals surface area (Å²) in [7, 11) is 1.53. The Balaban J connectivity index is 1.50. The van der Waals surface area contributed by atoms with Crippen LogP contribution in [-0.2, 0) is 11.4 Å². The first-order valence-electron chi connectivity index (χ1n) is 11.0. The summed E-state index contributed by atoms with van der Waals surface area (Å²) in [6, 6.07) is 27.2. The summed E-state index contributed by atoms with van der Waals surface area (Å²) in [5, 5.41) is 14.7. The number of aryl methyl sites for hydroxylation is 1. The number of hydrogen-bond donors (Lipinski definition) is 1. The van der Waals surface area contributed by atoms with Gasteiger partial charge in [-0.2, -0.15) is 5.26 Å². The van der Waals surface area contributed by atoms with E-state index >= 15 is 0 Å². The van der Waals surface area contributed by atoms with Crippen LogP contribution < -0.4 is 14.8 Å². The first-order valence-corrected chi connectivity index (χ1v) is 11.7. The molecule has 0 aromatic heterocycles. The van der Waals surface area contributed by atoms with Gasteiger partial charge in [0.25, 0.3) is 5.91 Å². The number of amides is 1. The lowest BCUT2D eigenvalue weighted by molar-refractivity contribution is -0.112. The fraction of sp³-hybridized carbons (Fsp3) is 0.103. The van der Waals surface area contributed by atoms with E-state index in [4.69, 9.17) is 9.47 Å². The molecule has 0 saturated heterocycles. The number of hydrogen-bond acceptors (Lipinski definition) is 4. The van der Waals surface area contributed by atoms with Crippen LogP contribution in [0.2, 0.25) is 0 Å². The lowest BCUT2D eigenvalue weighted by Crippen LogP contribution is -2.14. The molecule has 0 spiro atoms. The maximum Gasteiger partial charge on any atom is 0.266 e. The van der Waals surface area contributed by atoms with Crippen LogP contribution in [0.1, 0.15) is 16.7 Å². The number of carbonyl (C=O) groups is 1. The number of nitriles is 1. The molecule has 0 heterocycles. The van der Waals surface area contributed by atoms with E-state index in [0.29, 0.717) is 29.4 Å². The van der Waals surface area contributed by atoms with Crippen molar-refractivity contribution in [3.63, 3.8) is 0 Å². The summed E-state index contributed by atoms with van der Waals surface area (Å²) in [6.07, 6.45) is 1.54. The highest BCUT2D eigenvalue weighted by Gasteiger charge is 2.13. The van der Waals surface area contributed by atoms with E-state index in [1.807, 2.05) is 55.5 Å². The van der Waals surface area contributed by atoms with Crippen LogP contribution in [0.15, 0.2) is 88.9 Å². The van der Waals surface area contributed by atoms with Crippen LogP contribution >= 0.6 is 15.9 Å². The summed E-state index contributed by atoms with van der Waals surface area (Å²) in [6.45, 7) is 2.33. The van der Waals surface area contributed by atoms with E-state index in [2.05, 4.69) is 39.4 Å². The molecule has 5 nitrogen and oxygen atoms in total. The topological polar surface area (TPSA) is 71.3 Å². The average molecular weight is 527 g/mol. The molecular weight excluding hydrogens is 504 g/mol. The molecule has 0 aliphatic carbocycles. The van der Waals surface area contributed by atoms with Gasteiger partial charge in [0, 0.05) is 0 Å². The Bertz CT molecular complexity index is 1470. The number of nitrogens with one attached hydrogen (secondary N) is 1. The number of carbonyl (C=O) groups excluding carboxylic acids is 1. The summed E-state index contributed by atoms with van der Waals surface area (Å²) >= 11 is 3.55. The number of nitrogens with zero attached hydrogens (tertiary/aromatic N) is 1. The Kier molecular flexibility index (Phi) is 7.49. The zero-order valence-corrected chi connectivity index (χ0v) is 20.9. The van der Waals surface area contributed by atoms with Crippen LogP contribution in [0.25, 0.3) is 16.8 Å². The highest BCUT2D eigenvalue weighted by Crippen LogP contribution is 2.29. The van der Waals surface area contributed by atoms with Gasteiger partial charge in [0.1, 0.15) is 29.7 Å². The first kappa shape index (κ1) is 24.1. The van der Waals surface area contributed by atoms with Crippen LogP contribution in [0, 0.1) is 18.3 Å². The molecular formula is C29H23BrN2O3. The van der Waals surface area contributed by atoms with Gasteiger partial charge in [0.05, 0.1) is 17.3 Å². The van der Waals surface area contributed by atoms with Crippen molar-refractivity contribution in [3.8, 4) is 17.6 Å². The highest BCUT2D eigenvalue weighted by atomic mass is 79.9. The second-order valence-electron chi connectivity index (χ2n) is 7.94. The van der Waals surface area contributed by atoms with Crippen LogP contribution in [0.3, 0.4) is 0 Å². The molecule has 0 radical (unpaired) electrons. The van der Waals surface area contributed by atoms with Gasteiger partial charge >= 0.3 is 0 Å². The molecule has 0 aliphatic rings. The molecule has 4 aromatic carbocycles. The molecule has 6 heteroatoms. The normalized spacial score (nSPS) is 11.1. The van der Waals surface area contributed by atoms with Crippen molar-refractivity contribution in [1.82, 2.24) is 0 Å². The Hall–Kier alpha value is -4.08. The molecule has 174 valence electrons. The zero-order chi connectivity index (χ0) is 24.8. The first-order chi connectivity index (χ1) is 17.0. The van der Waals surface area contributed by atoms with Crippen molar-refractivity contribution < 1.29 is 14.3 Å². The van der Waals surface area contributed by atoms with Crippen molar-refractivity contribution in [2.75, 3.05) is 12.4 Å². The van der Waals surface area contributed by atoms with Gasteiger partial charge in [-0.1, -0.05) is 54.6 Å². The van der Waals surface area contributed by atoms with Gasteiger partial charge in [0.2, 0.25) is 0 Å². The number of halogens is 1. The van der Waals surface area contributed by atoms with Crippen LogP contribution in [-0.4, -0.2) is 13.0 Å². The van der Waals surface area contributed by atoms with E-state index in [-0.39, 0.29) is 5.57 Å². The number of fused-ring (bicyclic) bond motifs is 1. The molecule has 1 N–H and O–H groups in total. The lowest BCUT2D eigenvalue weighted by Gasteiger charge is -2.12. The van der Waals surface area contributed by atoms with Crippen molar-refractivity contribution in [2.24, 2.45) is 0 Å². The largest absolute Gasteiger partial charge is 0.495 e. The second-order valence-corrected chi connectivity index (χ2v) is 8.80. The predicted molar refractivity (Wildman–Crippen MR) is 142 cm³/mol. The average Bonchev–Trinajstić information content (AvgIpc) is 2.87. The summed E-state index contributed by atoms with van der Waals surface area (Å²) in [4.78, 5) is 12.8. The van der Waals surface area contributed by atoms with Crippen LogP contribution in [0.5, 0.6) is 11.5 Å². The monoisotopic (exact) mass is 526 g/mol. The molecule has 0 unspecified atom stereocenters. The standard InChI is InChI=1S/C29H23BrN2O3/c1-19-10-12-28(34-2)26(14-19)32-29(33)23(17-31)15-20-11-13-27(25(30)16-20)35-18-22-8-5-7-21-6-3-4-9-24(21)22/h3-16H,18H2,1-2H3,(H,32,33)/b23-15+. The van der Waals surface area contributed by atoms with E-state index in [9.17, 15) is 10.1 Å². The Morgan fingerprint density at radius 1 is 1.03 bits per heavy atom. The SMILES string of the molecule is COc1ccc(C)cc1NC(=O)/C(C#N)=C/c1ccc(OCc2cccc3ccccc23)c(Br)c1. The van der Waals surface area contributed by atoms with E-state index in [0.717, 1.165) is 21.0 Å². The predicted octanol–water partition coefficient (Wildman–Crippen LogP) is 7.04. The highest BCUT2D eigenvalue weighted by molar-refractivity contribution is 9.10.